The number of benzene rings is 2. The molecule has 1 aromatic heterocycles. The van der Waals surface area contributed by atoms with Crippen molar-refractivity contribution in [1.82, 2.24) is 9.78 Å². The molecule has 0 bridgehead atoms. The molecule has 6 heteroatoms. The third kappa shape index (κ3) is 3.43. The van der Waals surface area contributed by atoms with E-state index >= 15 is 0 Å². The zero-order valence-corrected chi connectivity index (χ0v) is 13.6. The van der Waals surface area contributed by atoms with Crippen LogP contribution in [-0.4, -0.2) is 14.7 Å². The van der Waals surface area contributed by atoms with Gasteiger partial charge in [0.05, 0.1) is 11.1 Å². The molecule has 3 rings (SSSR count). The maximum absolute atomic E-state index is 10.8. The van der Waals surface area contributed by atoms with Gasteiger partial charge >= 0.3 is 0 Å². The number of non-ortho nitro benzene ring substituents is 1. The Morgan fingerprint density at radius 2 is 2.04 bits per heavy atom. The molecule has 0 radical (unpaired) electrons. The highest BCUT2D eigenvalue weighted by molar-refractivity contribution is 5.63. The topological polar surface area (TPSA) is 73.0 Å². The number of nitro benzene ring substituents is 1. The molecular formula is C18H18N4O2. The summed E-state index contributed by atoms with van der Waals surface area (Å²) in [6, 6.07) is 13.1. The molecule has 24 heavy (non-hydrogen) atoms. The highest BCUT2D eigenvalue weighted by Crippen LogP contribution is 2.23. The zero-order valence-electron chi connectivity index (χ0n) is 13.6. The Balaban J connectivity index is 1.74. The van der Waals surface area contributed by atoms with Crippen molar-refractivity contribution in [2.24, 2.45) is 7.05 Å². The number of aryl methyl sites for hydroxylation is 2. The fourth-order valence-electron chi connectivity index (χ4n) is 2.59. The van der Waals surface area contributed by atoms with E-state index < -0.39 is 0 Å². The average molecular weight is 322 g/mol. The molecule has 6 nitrogen and oxygen atoms in total. The smallest absolute Gasteiger partial charge is 0.269 e. The van der Waals surface area contributed by atoms with Gasteiger partial charge in [-0.2, -0.15) is 5.10 Å². The van der Waals surface area contributed by atoms with Crippen molar-refractivity contribution < 1.29 is 4.92 Å². The maximum atomic E-state index is 10.8. The molecule has 0 fully saturated rings. The van der Waals surface area contributed by atoms with Gasteiger partial charge in [0.1, 0.15) is 0 Å². The van der Waals surface area contributed by atoms with E-state index in [1.54, 1.807) is 16.8 Å². The van der Waals surface area contributed by atoms with E-state index in [0.717, 1.165) is 27.9 Å². The molecule has 0 amide bonds. The molecule has 0 saturated carbocycles. The van der Waals surface area contributed by atoms with E-state index in [2.05, 4.69) is 22.5 Å². The monoisotopic (exact) mass is 322 g/mol. The number of hydrogen-bond donors (Lipinski definition) is 1. The Bertz CT molecular complexity index is 886. The van der Waals surface area contributed by atoms with Crippen molar-refractivity contribution in [3.63, 3.8) is 0 Å². The summed E-state index contributed by atoms with van der Waals surface area (Å²) in [5, 5.41) is 18.3. The van der Waals surface area contributed by atoms with Gasteiger partial charge in [-0.3, -0.25) is 14.8 Å². The average Bonchev–Trinajstić information content (AvgIpc) is 3.00. The lowest BCUT2D eigenvalue weighted by atomic mass is 10.1. The van der Waals surface area contributed by atoms with Crippen LogP contribution in [0.1, 0.15) is 11.1 Å². The highest BCUT2D eigenvalue weighted by atomic mass is 16.6. The minimum atomic E-state index is -0.381. The number of aromatic nitrogens is 2. The SMILES string of the molecule is Cc1cc([N+](=O)[O-])ccc1NCc1cccc(-c2cnn(C)c2)c1. The predicted molar refractivity (Wildman–Crippen MR) is 93.8 cm³/mol. The minimum Gasteiger partial charge on any atom is -0.381 e. The van der Waals surface area contributed by atoms with Crippen molar-refractivity contribution in [2.45, 2.75) is 13.5 Å². The van der Waals surface area contributed by atoms with Gasteiger partial charge < -0.3 is 5.32 Å². The molecule has 0 saturated heterocycles. The van der Waals surface area contributed by atoms with Crippen molar-refractivity contribution in [1.29, 1.82) is 0 Å². The molecule has 122 valence electrons. The zero-order chi connectivity index (χ0) is 17.1. The summed E-state index contributed by atoms with van der Waals surface area (Å²) in [5.41, 5.74) is 5.18. The van der Waals surface area contributed by atoms with Crippen LogP contribution in [0.5, 0.6) is 0 Å². The van der Waals surface area contributed by atoms with Crippen molar-refractivity contribution >= 4 is 11.4 Å². The predicted octanol–water partition coefficient (Wildman–Crippen LogP) is 3.92. The highest BCUT2D eigenvalue weighted by Gasteiger charge is 2.08. The van der Waals surface area contributed by atoms with Crippen LogP contribution in [0.15, 0.2) is 54.9 Å². The summed E-state index contributed by atoms with van der Waals surface area (Å²) >= 11 is 0. The molecule has 0 spiro atoms. The Morgan fingerprint density at radius 1 is 1.21 bits per heavy atom. The second-order valence-corrected chi connectivity index (χ2v) is 5.71. The maximum Gasteiger partial charge on any atom is 0.269 e. The third-order valence-electron chi connectivity index (χ3n) is 3.87. The first-order chi connectivity index (χ1) is 11.5. The minimum absolute atomic E-state index is 0.108. The summed E-state index contributed by atoms with van der Waals surface area (Å²) in [6.45, 7) is 2.51. The number of rotatable bonds is 5. The Hall–Kier alpha value is -3.15. The normalized spacial score (nSPS) is 10.6. The van der Waals surface area contributed by atoms with Gasteiger partial charge in [0.15, 0.2) is 0 Å². The first-order valence-corrected chi connectivity index (χ1v) is 7.60. The molecule has 2 aromatic carbocycles. The van der Waals surface area contributed by atoms with E-state index in [-0.39, 0.29) is 10.6 Å². The molecule has 0 aliphatic heterocycles. The molecule has 1 N–H and O–H groups in total. The first kappa shape index (κ1) is 15.7. The summed E-state index contributed by atoms with van der Waals surface area (Å²) in [7, 11) is 1.90. The van der Waals surface area contributed by atoms with Crippen LogP contribution in [0.4, 0.5) is 11.4 Å². The van der Waals surface area contributed by atoms with Gasteiger partial charge in [-0.15, -0.1) is 0 Å². The number of nitrogens with one attached hydrogen (secondary N) is 1. The van der Waals surface area contributed by atoms with Crippen LogP contribution in [0.25, 0.3) is 11.1 Å². The van der Waals surface area contributed by atoms with E-state index in [0.29, 0.717) is 6.54 Å². The quantitative estimate of drug-likeness (QED) is 0.571. The van der Waals surface area contributed by atoms with Crippen LogP contribution >= 0.6 is 0 Å². The van der Waals surface area contributed by atoms with E-state index in [9.17, 15) is 10.1 Å². The van der Waals surface area contributed by atoms with Gasteiger partial charge in [0.25, 0.3) is 5.69 Å². The largest absolute Gasteiger partial charge is 0.381 e. The summed E-state index contributed by atoms with van der Waals surface area (Å²) < 4.78 is 1.78. The second kappa shape index (κ2) is 6.54. The number of nitro groups is 1. The van der Waals surface area contributed by atoms with Crippen molar-refractivity contribution in [2.75, 3.05) is 5.32 Å². The standard InChI is InChI=1S/C18H18N4O2/c1-13-8-17(22(23)24)6-7-18(13)19-10-14-4-3-5-15(9-14)16-11-20-21(2)12-16/h3-9,11-12,19H,10H2,1-2H3. The molecular weight excluding hydrogens is 304 g/mol. The van der Waals surface area contributed by atoms with E-state index in [1.165, 1.54) is 6.07 Å². The van der Waals surface area contributed by atoms with Gasteiger partial charge in [0.2, 0.25) is 0 Å². The van der Waals surface area contributed by atoms with Crippen LogP contribution in [0.3, 0.4) is 0 Å². The van der Waals surface area contributed by atoms with Gasteiger partial charge in [-0.25, -0.2) is 0 Å². The second-order valence-electron chi connectivity index (χ2n) is 5.71. The van der Waals surface area contributed by atoms with Crippen LogP contribution < -0.4 is 5.32 Å². The van der Waals surface area contributed by atoms with Gasteiger partial charge in [0, 0.05) is 43.2 Å². The first-order valence-electron chi connectivity index (χ1n) is 7.60. The fourth-order valence-corrected chi connectivity index (χ4v) is 2.59. The third-order valence-corrected chi connectivity index (χ3v) is 3.87. The number of anilines is 1. The van der Waals surface area contributed by atoms with Crippen molar-refractivity contribution in [3.8, 4) is 11.1 Å². The summed E-state index contributed by atoms with van der Waals surface area (Å²) in [6.07, 6.45) is 3.82. The lowest BCUT2D eigenvalue weighted by Gasteiger charge is -2.10. The Kier molecular flexibility index (Phi) is 4.29. The Morgan fingerprint density at radius 3 is 2.71 bits per heavy atom. The van der Waals surface area contributed by atoms with E-state index in [4.69, 9.17) is 0 Å². The van der Waals surface area contributed by atoms with Gasteiger partial charge in [-0.1, -0.05) is 18.2 Å². The van der Waals surface area contributed by atoms with Crippen LogP contribution in [0.2, 0.25) is 0 Å². The molecule has 0 aliphatic carbocycles. The molecule has 3 aromatic rings. The van der Waals surface area contributed by atoms with E-state index in [1.807, 2.05) is 38.5 Å². The summed E-state index contributed by atoms with van der Waals surface area (Å²) in [5.74, 6) is 0. The van der Waals surface area contributed by atoms with Crippen LogP contribution in [-0.2, 0) is 13.6 Å². The molecule has 1 heterocycles. The lowest BCUT2D eigenvalue weighted by molar-refractivity contribution is -0.384. The Labute approximate surface area is 139 Å². The molecule has 0 aliphatic rings. The summed E-state index contributed by atoms with van der Waals surface area (Å²) in [4.78, 5) is 10.4. The van der Waals surface area contributed by atoms with Crippen LogP contribution in [0, 0.1) is 17.0 Å². The van der Waals surface area contributed by atoms with Crippen molar-refractivity contribution in [3.05, 3.63) is 76.1 Å². The molecule has 0 atom stereocenters. The van der Waals surface area contributed by atoms with Gasteiger partial charge in [-0.05, 0) is 35.7 Å². The number of hydrogen-bond acceptors (Lipinski definition) is 4. The molecule has 0 unspecified atom stereocenters. The lowest BCUT2D eigenvalue weighted by Crippen LogP contribution is -2.01. The fraction of sp³-hybridized carbons (Fsp3) is 0.167. The number of nitrogens with zero attached hydrogens (tertiary/aromatic N) is 3.